The van der Waals surface area contributed by atoms with Crippen molar-refractivity contribution in [2.24, 2.45) is 5.41 Å². The highest BCUT2D eigenvalue weighted by molar-refractivity contribution is 6.00. The zero-order valence-electron chi connectivity index (χ0n) is 21.2. The van der Waals surface area contributed by atoms with Crippen molar-refractivity contribution in [3.05, 3.63) is 107 Å². The summed E-state index contributed by atoms with van der Waals surface area (Å²) in [6.07, 6.45) is 2.77. The summed E-state index contributed by atoms with van der Waals surface area (Å²) in [4.78, 5) is 23.0. The SMILES string of the molecule is CC1(C)CC(=O)C2=C(C1)Oc1ncn3nc(COc4cccc5ccccc45)nc3c1[C@H]2c1ccccc1. The zero-order valence-corrected chi connectivity index (χ0v) is 21.2. The van der Waals surface area contributed by atoms with Gasteiger partial charge in [-0.15, -0.1) is 5.10 Å². The van der Waals surface area contributed by atoms with Gasteiger partial charge in [0.2, 0.25) is 5.88 Å². The standard InChI is InChI=1S/C31H26N4O3/c1-31(2)15-22(36)27-24(16-31)38-30-28(26(27)20-10-4-3-5-11-20)29-33-25(34-35(29)18-32-30)17-37-23-14-8-12-19-9-6-7-13-21(19)23/h3-14,18,26H,15-17H2,1-2H3/t26-/m0/s1. The fraction of sp³-hybridized carbons (Fsp3) is 0.226. The lowest BCUT2D eigenvalue weighted by Crippen LogP contribution is -2.33. The molecule has 2 aliphatic rings. The number of nitrogens with zero attached hydrogens (tertiary/aromatic N) is 4. The molecule has 188 valence electrons. The number of Topliss-reactive ketones (excluding diaryl/α,β-unsaturated/α-hetero) is 1. The van der Waals surface area contributed by atoms with E-state index >= 15 is 0 Å². The first-order valence-electron chi connectivity index (χ1n) is 12.8. The van der Waals surface area contributed by atoms with Gasteiger partial charge in [-0.2, -0.15) is 0 Å². The Kier molecular flexibility index (Phi) is 5.08. The van der Waals surface area contributed by atoms with Crippen LogP contribution in [-0.4, -0.2) is 25.4 Å². The van der Waals surface area contributed by atoms with Crippen LogP contribution in [0.5, 0.6) is 11.6 Å². The number of allylic oxidation sites excluding steroid dienone is 2. The maximum Gasteiger partial charge on any atom is 0.228 e. The molecular weight excluding hydrogens is 476 g/mol. The highest BCUT2D eigenvalue weighted by Gasteiger charge is 2.43. The molecule has 38 heavy (non-hydrogen) atoms. The number of benzene rings is 3. The van der Waals surface area contributed by atoms with Crippen molar-refractivity contribution in [3.63, 3.8) is 0 Å². The largest absolute Gasteiger partial charge is 0.485 e. The molecule has 3 aromatic carbocycles. The fourth-order valence-corrected chi connectivity index (χ4v) is 5.69. The van der Waals surface area contributed by atoms with Crippen molar-refractivity contribution in [3.8, 4) is 11.6 Å². The predicted molar refractivity (Wildman–Crippen MR) is 143 cm³/mol. The number of fused-ring (bicyclic) bond motifs is 4. The summed E-state index contributed by atoms with van der Waals surface area (Å²) in [5.41, 5.74) is 2.91. The molecule has 0 radical (unpaired) electrons. The van der Waals surface area contributed by atoms with E-state index in [4.69, 9.17) is 14.5 Å². The predicted octanol–water partition coefficient (Wildman–Crippen LogP) is 6.02. The Labute approximate surface area is 219 Å². The summed E-state index contributed by atoms with van der Waals surface area (Å²) >= 11 is 0. The third-order valence-electron chi connectivity index (χ3n) is 7.35. The Morgan fingerprint density at radius 3 is 2.66 bits per heavy atom. The van der Waals surface area contributed by atoms with E-state index in [1.807, 2.05) is 60.7 Å². The Morgan fingerprint density at radius 2 is 1.79 bits per heavy atom. The van der Waals surface area contributed by atoms with Gasteiger partial charge in [-0.25, -0.2) is 14.5 Å². The number of ether oxygens (including phenoxy) is 2. The fourth-order valence-electron chi connectivity index (χ4n) is 5.69. The molecule has 0 fully saturated rings. The molecule has 0 spiro atoms. The molecular formula is C31H26N4O3. The van der Waals surface area contributed by atoms with Gasteiger partial charge in [0.15, 0.2) is 17.3 Å². The van der Waals surface area contributed by atoms with Crippen LogP contribution in [0.2, 0.25) is 0 Å². The first-order valence-corrected chi connectivity index (χ1v) is 12.8. The summed E-state index contributed by atoms with van der Waals surface area (Å²) in [7, 11) is 0. The smallest absolute Gasteiger partial charge is 0.228 e. The number of carbonyl (C=O) groups excluding carboxylic acids is 1. The molecule has 0 saturated carbocycles. The summed E-state index contributed by atoms with van der Waals surface area (Å²) in [5, 5.41) is 6.80. The Bertz CT molecular complexity index is 1750. The van der Waals surface area contributed by atoms with E-state index in [0.717, 1.165) is 27.6 Å². The molecule has 0 saturated heterocycles. The number of rotatable bonds is 4. The van der Waals surface area contributed by atoms with E-state index in [1.165, 1.54) is 0 Å². The average molecular weight is 503 g/mol. The molecule has 1 aliphatic carbocycles. The lowest BCUT2D eigenvalue weighted by Gasteiger charge is -2.37. The van der Waals surface area contributed by atoms with Gasteiger partial charge in [0.25, 0.3) is 0 Å². The van der Waals surface area contributed by atoms with Crippen molar-refractivity contribution in [2.45, 2.75) is 39.2 Å². The summed E-state index contributed by atoms with van der Waals surface area (Å²) < 4.78 is 14.1. The van der Waals surface area contributed by atoms with E-state index in [1.54, 1.807) is 10.8 Å². The quantitative estimate of drug-likeness (QED) is 0.299. The summed E-state index contributed by atoms with van der Waals surface area (Å²) in [6, 6.07) is 24.1. The molecule has 0 N–H and O–H groups in total. The van der Waals surface area contributed by atoms with Gasteiger partial charge in [-0.1, -0.05) is 80.6 Å². The zero-order chi connectivity index (χ0) is 25.9. The second kappa shape index (κ2) is 8.52. The van der Waals surface area contributed by atoms with Crippen molar-refractivity contribution in [2.75, 3.05) is 0 Å². The van der Waals surface area contributed by atoms with Gasteiger partial charge in [0.05, 0.1) is 5.56 Å². The number of ketones is 1. The number of aromatic nitrogens is 4. The molecule has 7 rings (SSSR count). The van der Waals surface area contributed by atoms with Gasteiger partial charge < -0.3 is 9.47 Å². The molecule has 0 amide bonds. The van der Waals surface area contributed by atoms with Gasteiger partial charge in [-0.05, 0) is 22.4 Å². The van der Waals surface area contributed by atoms with Crippen LogP contribution in [0, 0.1) is 5.41 Å². The minimum Gasteiger partial charge on any atom is -0.485 e. The van der Waals surface area contributed by atoms with Crippen LogP contribution in [0.25, 0.3) is 16.4 Å². The Morgan fingerprint density at radius 1 is 1.00 bits per heavy atom. The van der Waals surface area contributed by atoms with E-state index < -0.39 is 0 Å². The topological polar surface area (TPSA) is 78.6 Å². The second-order valence-corrected chi connectivity index (χ2v) is 10.7. The molecule has 3 heterocycles. The molecule has 5 aromatic rings. The minimum absolute atomic E-state index is 0.108. The first-order chi connectivity index (χ1) is 18.5. The average Bonchev–Trinajstić information content (AvgIpc) is 3.34. The van der Waals surface area contributed by atoms with E-state index in [9.17, 15) is 4.79 Å². The first kappa shape index (κ1) is 22.7. The maximum atomic E-state index is 13.5. The highest BCUT2D eigenvalue weighted by Crippen LogP contribution is 2.50. The van der Waals surface area contributed by atoms with E-state index in [0.29, 0.717) is 41.5 Å². The summed E-state index contributed by atoms with van der Waals surface area (Å²) in [5.74, 6) is 2.27. The van der Waals surface area contributed by atoms with Crippen LogP contribution in [0.3, 0.4) is 0 Å². The van der Waals surface area contributed by atoms with Crippen molar-refractivity contribution >= 4 is 22.2 Å². The molecule has 7 heteroatoms. The highest BCUT2D eigenvalue weighted by atomic mass is 16.5. The van der Waals surface area contributed by atoms with Crippen LogP contribution in [-0.2, 0) is 11.4 Å². The molecule has 0 bridgehead atoms. The van der Waals surface area contributed by atoms with Crippen molar-refractivity contribution in [1.29, 1.82) is 0 Å². The third-order valence-corrected chi connectivity index (χ3v) is 7.35. The van der Waals surface area contributed by atoms with Gasteiger partial charge in [-0.3, -0.25) is 4.79 Å². The number of hydrogen-bond donors (Lipinski definition) is 0. The lowest BCUT2D eigenvalue weighted by atomic mass is 9.70. The molecule has 7 nitrogen and oxygen atoms in total. The van der Waals surface area contributed by atoms with E-state index in [-0.39, 0.29) is 23.7 Å². The third kappa shape index (κ3) is 3.74. The molecule has 1 aliphatic heterocycles. The summed E-state index contributed by atoms with van der Waals surface area (Å²) in [6.45, 7) is 4.40. The van der Waals surface area contributed by atoms with Gasteiger partial charge >= 0.3 is 0 Å². The van der Waals surface area contributed by atoms with Crippen LogP contribution in [0.4, 0.5) is 0 Å². The van der Waals surface area contributed by atoms with Gasteiger partial charge in [0.1, 0.15) is 24.4 Å². The maximum absolute atomic E-state index is 13.5. The van der Waals surface area contributed by atoms with Crippen LogP contribution >= 0.6 is 0 Å². The number of carbonyl (C=O) groups is 1. The van der Waals surface area contributed by atoms with Crippen molar-refractivity contribution < 1.29 is 14.3 Å². The lowest BCUT2D eigenvalue weighted by molar-refractivity contribution is -0.118. The Balaban J connectivity index is 1.32. The monoisotopic (exact) mass is 502 g/mol. The normalized spacial score (nSPS) is 18.3. The Hall–Kier alpha value is -4.52. The molecule has 2 aromatic heterocycles. The van der Waals surface area contributed by atoms with Gasteiger partial charge in [0, 0.05) is 29.7 Å². The van der Waals surface area contributed by atoms with Crippen molar-refractivity contribution in [1.82, 2.24) is 19.6 Å². The van der Waals surface area contributed by atoms with Crippen LogP contribution in [0.15, 0.2) is 90.5 Å². The minimum atomic E-state index is -0.328. The molecule has 0 unspecified atom stereocenters. The van der Waals surface area contributed by atoms with Crippen LogP contribution < -0.4 is 9.47 Å². The van der Waals surface area contributed by atoms with Crippen LogP contribution in [0.1, 0.15) is 49.6 Å². The number of hydrogen-bond acceptors (Lipinski definition) is 6. The second-order valence-electron chi connectivity index (χ2n) is 10.7. The molecule has 1 atom stereocenters. The van der Waals surface area contributed by atoms with E-state index in [2.05, 4.69) is 36.1 Å².